The number of hydrogen-bond acceptors (Lipinski definition) is 10. The first kappa shape index (κ1) is 63.5. The van der Waals surface area contributed by atoms with E-state index in [1.54, 1.807) is 4.90 Å². The number of carbonyl (C=O) groups is 4. The van der Waals surface area contributed by atoms with E-state index in [-0.39, 0.29) is 75.1 Å². The molecule has 0 aliphatic heterocycles. The van der Waals surface area contributed by atoms with Crippen molar-refractivity contribution in [2.24, 2.45) is 0 Å². The smallest absolute Gasteiger partial charge is 0.306 e. The average Bonchev–Trinajstić information content (AvgIpc) is 3.30. The average molecular weight is 937 g/mol. The van der Waals surface area contributed by atoms with Gasteiger partial charge in [0.1, 0.15) is 19.3 Å². The first-order valence-corrected chi connectivity index (χ1v) is 27.4. The monoisotopic (exact) mass is 937 g/mol. The molecule has 0 saturated carbocycles. The zero-order valence-electron chi connectivity index (χ0n) is 44.0. The second-order valence-electron chi connectivity index (χ2n) is 18.8. The number of esters is 3. The van der Waals surface area contributed by atoms with Crippen LogP contribution in [0.3, 0.4) is 0 Å². The molecule has 2 atom stereocenters. The minimum Gasteiger partial charge on any atom is -0.463 e. The Hall–Kier alpha value is -2.50. The van der Waals surface area contributed by atoms with Crippen molar-refractivity contribution in [3.05, 3.63) is 12.2 Å². The summed E-state index contributed by atoms with van der Waals surface area (Å²) in [5.41, 5.74) is 0. The fraction of sp³-hybridized carbons (Fsp3) is 0.891. The van der Waals surface area contributed by atoms with Crippen LogP contribution < -0.4 is 0 Å². The predicted octanol–water partition coefficient (Wildman–Crippen LogP) is 13.6. The third kappa shape index (κ3) is 40.6. The van der Waals surface area contributed by atoms with Crippen molar-refractivity contribution in [1.29, 1.82) is 0 Å². The summed E-state index contributed by atoms with van der Waals surface area (Å²) < 4.78 is 29.9. The summed E-state index contributed by atoms with van der Waals surface area (Å²) in [7, 11) is 3.95. The summed E-state index contributed by atoms with van der Waals surface area (Å²) in [5.74, 6) is -1.33. The number of amides is 1. The first-order chi connectivity index (χ1) is 32.1. The molecule has 0 aliphatic carbocycles. The summed E-state index contributed by atoms with van der Waals surface area (Å²) in [5, 5.41) is 0. The van der Waals surface area contributed by atoms with Gasteiger partial charge in [-0.3, -0.25) is 19.2 Å². The molecule has 0 rings (SSSR count). The molecule has 0 bridgehead atoms. The van der Waals surface area contributed by atoms with E-state index in [9.17, 15) is 19.2 Å². The van der Waals surface area contributed by atoms with Crippen LogP contribution in [0.4, 0.5) is 0 Å². The van der Waals surface area contributed by atoms with E-state index in [1.807, 2.05) is 19.0 Å². The van der Waals surface area contributed by atoms with E-state index >= 15 is 0 Å². The lowest BCUT2D eigenvalue weighted by Gasteiger charge is -2.32. The maximum absolute atomic E-state index is 14.0. The van der Waals surface area contributed by atoms with Gasteiger partial charge in [-0.15, -0.1) is 0 Å². The zero-order valence-corrected chi connectivity index (χ0v) is 44.0. The fourth-order valence-corrected chi connectivity index (χ4v) is 7.90. The lowest BCUT2D eigenvalue weighted by Crippen LogP contribution is -2.47. The molecule has 0 aromatic carbocycles. The Bertz CT molecular complexity index is 1150. The molecule has 11 heteroatoms. The molecule has 0 aromatic rings. The van der Waals surface area contributed by atoms with Crippen molar-refractivity contribution >= 4 is 23.8 Å². The van der Waals surface area contributed by atoms with Crippen LogP contribution in [0.15, 0.2) is 12.2 Å². The van der Waals surface area contributed by atoms with Crippen LogP contribution in [-0.2, 0) is 42.9 Å². The molecule has 388 valence electrons. The van der Waals surface area contributed by atoms with Crippen molar-refractivity contribution in [2.45, 2.75) is 265 Å². The molecule has 0 N–H and O–H groups in total. The summed E-state index contributed by atoms with van der Waals surface area (Å²) in [6, 6.07) is -0.691. The molecule has 0 aromatic heterocycles. The number of nitrogens with zero attached hydrogens (tertiary/aromatic N) is 2. The fourth-order valence-electron chi connectivity index (χ4n) is 7.90. The highest BCUT2D eigenvalue weighted by atomic mass is 16.7. The Labute approximate surface area is 405 Å². The number of ether oxygens (including phenoxy) is 5. The summed E-state index contributed by atoms with van der Waals surface area (Å²) in [6.07, 6.45) is 34.6. The Kier molecular flexibility index (Phi) is 45.8. The van der Waals surface area contributed by atoms with Crippen LogP contribution in [0.25, 0.3) is 0 Å². The molecule has 0 radical (unpaired) electrons. The van der Waals surface area contributed by atoms with E-state index < -0.39 is 6.04 Å². The van der Waals surface area contributed by atoms with Gasteiger partial charge in [-0.05, 0) is 104 Å². The second kappa shape index (κ2) is 47.6. The van der Waals surface area contributed by atoms with Gasteiger partial charge < -0.3 is 33.5 Å². The van der Waals surface area contributed by atoms with Gasteiger partial charge in [0, 0.05) is 39.0 Å². The first-order valence-electron chi connectivity index (χ1n) is 27.4. The Morgan fingerprint density at radius 3 is 1.50 bits per heavy atom. The van der Waals surface area contributed by atoms with Crippen molar-refractivity contribution in [2.75, 3.05) is 53.6 Å². The second-order valence-corrected chi connectivity index (χ2v) is 18.8. The topological polar surface area (TPSA) is 121 Å². The SMILES string of the molecule is CCCCCCC/C=C\CCCC(=O)OCC(COC(=O)CCCCC(OCCCCCCC)OCCCCCCC)N(CCCN(C)C)C(=O)CCC(=O)OC(CCC)CCCCCC. The molecular weight excluding hydrogens is 833 g/mol. The molecule has 11 nitrogen and oxygen atoms in total. The standard InChI is InChI=1S/C55H104N2O9/c1-8-13-17-21-22-23-24-25-26-30-38-52(59)64-47-49(57(44-35-43-56(6)7)51(58)41-42-54(61)66-50(36-12-5)37-29-20-16-11-4)48-65-53(60)39-31-32-40-55(62-45-33-27-18-14-9-2)63-46-34-28-19-15-10-3/h24-25,49-50,55H,8-23,26-48H2,1-7H3/b25-24-. The van der Waals surface area contributed by atoms with Gasteiger partial charge in [0.05, 0.1) is 12.5 Å². The van der Waals surface area contributed by atoms with Crippen LogP contribution in [0.1, 0.15) is 247 Å². The van der Waals surface area contributed by atoms with Gasteiger partial charge in [0.2, 0.25) is 5.91 Å². The Morgan fingerprint density at radius 2 is 0.955 bits per heavy atom. The van der Waals surface area contributed by atoms with Crippen molar-refractivity contribution in [3.63, 3.8) is 0 Å². The van der Waals surface area contributed by atoms with Crippen LogP contribution in [0, 0.1) is 0 Å². The minimum absolute atomic E-state index is 0.0388. The number of rotatable bonds is 49. The lowest BCUT2D eigenvalue weighted by molar-refractivity contribution is -0.156. The highest BCUT2D eigenvalue weighted by Crippen LogP contribution is 2.17. The zero-order chi connectivity index (χ0) is 48.7. The lowest BCUT2D eigenvalue weighted by atomic mass is 10.1. The molecule has 2 unspecified atom stereocenters. The van der Waals surface area contributed by atoms with Gasteiger partial charge in [0.15, 0.2) is 6.29 Å². The van der Waals surface area contributed by atoms with Crippen LogP contribution in [-0.4, -0.2) is 106 Å². The third-order valence-electron chi connectivity index (χ3n) is 12.0. The Balaban J connectivity index is 5.67. The quantitative estimate of drug-likeness (QED) is 0.0192. The number of hydrogen-bond donors (Lipinski definition) is 0. The minimum atomic E-state index is -0.691. The summed E-state index contributed by atoms with van der Waals surface area (Å²) >= 11 is 0. The molecule has 0 fully saturated rings. The van der Waals surface area contributed by atoms with Crippen LogP contribution in [0.2, 0.25) is 0 Å². The van der Waals surface area contributed by atoms with Gasteiger partial charge in [-0.2, -0.15) is 0 Å². The molecule has 0 saturated heterocycles. The highest BCUT2D eigenvalue weighted by Gasteiger charge is 2.28. The van der Waals surface area contributed by atoms with E-state index in [1.165, 1.54) is 70.6 Å². The molecule has 66 heavy (non-hydrogen) atoms. The van der Waals surface area contributed by atoms with Gasteiger partial charge in [-0.1, -0.05) is 150 Å². The largest absolute Gasteiger partial charge is 0.463 e. The van der Waals surface area contributed by atoms with E-state index in [2.05, 4.69) is 46.8 Å². The van der Waals surface area contributed by atoms with Gasteiger partial charge >= 0.3 is 17.9 Å². The number of allylic oxidation sites excluding steroid dienone is 2. The van der Waals surface area contributed by atoms with Crippen LogP contribution in [0.5, 0.6) is 0 Å². The van der Waals surface area contributed by atoms with E-state index in [0.29, 0.717) is 45.4 Å². The Morgan fingerprint density at radius 1 is 0.455 bits per heavy atom. The van der Waals surface area contributed by atoms with Crippen molar-refractivity contribution in [3.8, 4) is 0 Å². The van der Waals surface area contributed by atoms with E-state index in [4.69, 9.17) is 23.7 Å². The maximum Gasteiger partial charge on any atom is 0.306 e. The third-order valence-corrected chi connectivity index (χ3v) is 12.0. The molecule has 0 aliphatic rings. The molecule has 0 spiro atoms. The van der Waals surface area contributed by atoms with E-state index in [0.717, 1.165) is 96.4 Å². The van der Waals surface area contributed by atoms with Crippen molar-refractivity contribution in [1.82, 2.24) is 9.80 Å². The molecule has 0 heterocycles. The number of unbranched alkanes of at least 4 members (excludes halogenated alkanes) is 18. The highest BCUT2D eigenvalue weighted by molar-refractivity contribution is 5.82. The predicted molar refractivity (Wildman–Crippen MR) is 271 cm³/mol. The maximum atomic E-state index is 14.0. The normalized spacial score (nSPS) is 12.6. The summed E-state index contributed by atoms with van der Waals surface area (Å²) in [4.78, 5) is 57.1. The van der Waals surface area contributed by atoms with Crippen molar-refractivity contribution < 1.29 is 42.9 Å². The summed E-state index contributed by atoms with van der Waals surface area (Å²) in [6.45, 7) is 13.2. The number of carbonyl (C=O) groups excluding carboxylic acids is 4. The molecular formula is C55H104N2O9. The van der Waals surface area contributed by atoms with Crippen LogP contribution >= 0.6 is 0 Å². The molecule has 1 amide bonds. The van der Waals surface area contributed by atoms with Gasteiger partial charge in [-0.25, -0.2) is 0 Å². The van der Waals surface area contributed by atoms with Gasteiger partial charge in [0.25, 0.3) is 0 Å².